The van der Waals surface area contributed by atoms with Crippen LogP contribution < -0.4 is 10.8 Å². The zero-order valence-corrected chi connectivity index (χ0v) is 30.9. The lowest BCUT2D eigenvalue weighted by Crippen LogP contribution is -2.40. The third-order valence-electron chi connectivity index (χ3n) is 9.66. The van der Waals surface area contributed by atoms with Gasteiger partial charge in [-0.25, -0.2) is 5.48 Å². The Morgan fingerprint density at radius 3 is 1.82 bits per heavy atom. The van der Waals surface area contributed by atoms with E-state index < -0.39 is 12.2 Å². The molecule has 2 aromatic rings. The molecule has 2 aromatic carbocycles. The van der Waals surface area contributed by atoms with Gasteiger partial charge in [-0.3, -0.25) is 14.8 Å². The number of nitrogens with one attached hydrogen (secondary N) is 2. The van der Waals surface area contributed by atoms with Crippen LogP contribution in [0, 0.1) is 0 Å². The molecule has 3 unspecified atom stereocenters. The summed E-state index contributed by atoms with van der Waals surface area (Å²) < 4.78 is 13.3. The lowest BCUT2D eigenvalue weighted by molar-refractivity contribution is -0.253. The minimum atomic E-state index is -0.513. The summed E-state index contributed by atoms with van der Waals surface area (Å²) in [6.07, 6.45) is 17.3. The highest BCUT2D eigenvalue weighted by molar-refractivity contribution is 5.76. The number of hydrogen-bond acceptors (Lipinski definition) is 7. The minimum absolute atomic E-state index is 0.0128. The lowest BCUT2D eigenvalue weighted by atomic mass is 9.99. The first-order valence-electron chi connectivity index (χ1n) is 19.5. The number of benzene rings is 2. The topological polar surface area (TPSA) is 120 Å². The molecule has 0 aliphatic carbocycles. The first kappa shape index (κ1) is 41.6. The highest BCUT2D eigenvalue weighted by Crippen LogP contribution is 2.38. The smallest absolute Gasteiger partial charge is 0.243 e. The molecular weight excluding hydrogens is 630 g/mol. The monoisotopic (exact) mass is 695 g/mol. The van der Waals surface area contributed by atoms with E-state index in [9.17, 15) is 14.7 Å². The van der Waals surface area contributed by atoms with Crippen LogP contribution in [-0.2, 0) is 32.2 Å². The number of aliphatic hydroxyl groups is 1. The fraction of sp³-hybridized carbons (Fsp3) is 0.659. The Morgan fingerprint density at radius 1 is 0.700 bits per heavy atom. The van der Waals surface area contributed by atoms with Crippen LogP contribution in [0.15, 0.2) is 48.5 Å². The summed E-state index contributed by atoms with van der Waals surface area (Å²) in [6, 6.07) is 16.1. The number of nitrogens with zero attached hydrogens (tertiary/aromatic N) is 1. The van der Waals surface area contributed by atoms with Crippen LogP contribution in [0.1, 0.15) is 158 Å². The van der Waals surface area contributed by atoms with Crippen LogP contribution >= 0.6 is 0 Å². The number of aliphatic hydroxyl groups excluding tert-OH is 1. The molecule has 2 amide bonds. The van der Waals surface area contributed by atoms with E-state index in [4.69, 9.17) is 14.7 Å². The molecule has 4 N–H and O–H groups in total. The molecule has 9 nitrogen and oxygen atoms in total. The molecule has 0 aromatic heterocycles. The normalized spacial score (nSPS) is 17.6. The van der Waals surface area contributed by atoms with E-state index in [0.29, 0.717) is 25.8 Å². The molecule has 1 heterocycles. The van der Waals surface area contributed by atoms with Crippen LogP contribution in [0.5, 0.6) is 0 Å². The Kier molecular flexibility index (Phi) is 21.0. The van der Waals surface area contributed by atoms with Crippen molar-refractivity contribution in [3.05, 3.63) is 70.8 Å². The number of amides is 2. The molecule has 280 valence electrons. The van der Waals surface area contributed by atoms with Crippen molar-refractivity contribution in [2.75, 3.05) is 19.6 Å². The SMILES string of the molecule is CCCCCCCCN(CCCCCCCC)CC1CC(c2ccc(CO)cc2)OC(c2ccc(CNC(=O)CCCCC(=O)NO)cc2)O1. The van der Waals surface area contributed by atoms with E-state index in [-0.39, 0.29) is 31.1 Å². The van der Waals surface area contributed by atoms with Gasteiger partial charge in [-0.1, -0.05) is 127 Å². The van der Waals surface area contributed by atoms with Gasteiger partial charge in [0, 0.05) is 37.9 Å². The second-order valence-corrected chi connectivity index (χ2v) is 13.9. The predicted molar refractivity (Wildman–Crippen MR) is 198 cm³/mol. The fourth-order valence-electron chi connectivity index (χ4n) is 6.56. The summed E-state index contributed by atoms with van der Waals surface area (Å²) in [5.74, 6) is -0.505. The third-order valence-corrected chi connectivity index (χ3v) is 9.66. The van der Waals surface area contributed by atoms with Gasteiger partial charge in [0.05, 0.1) is 18.8 Å². The number of hydroxylamine groups is 1. The molecule has 1 fully saturated rings. The second-order valence-electron chi connectivity index (χ2n) is 13.9. The van der Waals surface area contributed by atoms with Gasteiger partial charge in [0.1, 0.15) is 0 Å². The number of hydrogen-bond donors (Lipinski definition) is 4. The molecular formula is C41H65N3O6. The van der Waals surface area contributed by atoms with Crippen molar-refractivity contribution in [3.63, 3.8) is 0 Å². The summed E-state index contributed by atoms with van der Waals surface area (Å²) in [7, 11) is 0. The molecule has 3 atom stereocenters. The maximum Gasteiger partial charge on any atom is 0.243 e. The van der Waals surface area contributed by atoms with E-state index in [1.165, 1.54) is 77.0 Å². The number of carbonyl (C=O) groups excluding carboxylic acids is 2. The van der Waals surface area contributed by atoms with Crippen molar-refractivity contribution < 1.29 is 29.4 Å². The maximum atomic E-state index is 12.3. The number of ether oxygens (including phenoxy) is 2. The molecule has 50 heavy (non-hydrogen) atoms. The standard InChI is InChI=1S/C41H65N3O6/c1-3-5-7-9-11-15-27-44(28-16-12-10-8-6-4-2)31-37-29-38(35-23-21-34(32-45)22-24-35)50-41(49-37)36-25-19-33(20-26-36)30-42-39(46)17-13-14-18-40(47)43-48/h19-26,37-38,41,45,48H,3-18,27-32H2,1-2H3,(H,42,46)(H,43,47). The minimum Gasteiger partial charge on any atom is -0.392 e. The summed E-state index contributed by atoms with van der Waals surface area (Å²) >= 11 is 0. The molecule has 1 aliphatic heterocycles. The van der Waals surface area contributed by atoms with Crippen LogP contribution in [0.2, 0.25) is 0 Å². The van der Waals surface area contributed by atoms with E-state index in [0.717, 1.165) is 48.3 Å². The summed E-state index contributed by atoms with van der Waals surface area (Å²) in [4.78, 5) is 26.1. The number of rotatable bonds is 26. The summed E-state index contributed by atoms with van der Waals surface area (Å²) in [5, 5.41) is 21.1. The molecule has 0 radical (unpaired) electrons. The summed E-state index contributed by atoms with van der Waals surface area (Å²) in [6.45, 7) is 8.04. The third kappa shape index (κ3) is 16.5. The van der Waals surface area contributed by atoms with Gasteiger partial charge < -0.3 is 24.8 Å². The molecule has 1 aliphatic rings. The van der Waals surface area contributed by atoms with Gasteiger partial charge in [0.15, 0.2) is 6.29 Å². The molecule has 3 rings (SSSR count). The van der Waals surface area contributed by atoms with Crippen LogP contribution in [-0.4, -0.2) is 52.8 Å². The Labute approximate surface area is 301 Å². The van der Waals surface area contributed by atoms with E-state index in [2.05, 4.69) is 36.2 Å². The van der Waals surface area contributed by atoms with Gasteiger partial charge in [-0.05, 0) is 55.5 Å². The average Bonchev–Trinajstić information content (AvgIpc) is 3.15. The molecule has 1 saturated heterocycles. The van der Waals surface area contributed by atoms with Crippen LogP contribution in [0.4, 0.5) is 0 Å². The van der Waals surface area contributed by atoms with Gasteiger partial charge in [0.2, 0.25) is 11.8 Å². The molecule has 0 bridgehead atoms. The van der Waals surface area contributed by atoms with E-state index in [1.54, 1.807) is 5.48 Å². The van der Waals surface area contributed by atoms with Crippen molar-refractivity contribution in [2.45, 2.75) is 155 Å². The predicted octanol–water partition coefficient (Wildman–Crippen LogP) is 8.43. The Morgan fingerprint density at radius 2 is 1.24 bits per heavy atom. The highest BCUT2D eigenvalue weighted by Gasteiger charge is 2.33. The van der Waals surface area contributed by atoms with Crippen molar-refractivity contribution in [2.24, 2.45) is 0 Å². The largest absolute Gasteiger partial charge is 0.392 e. The molecule has 0 spiro atoms. The van der Waals surface area contributed by atoms with Crippen LogP contribution in [0.25, 0.3) is 0 Å². The summed E-state index contributed by atoms with van der Waals surface area (Å²) in [5.41, 5.74) is 5.52. The Bertz CT molecular complexity index is 1180. The van der Waals surface area contributed by atoms with Gasteiger partial charge in [-0.2, -0.15) is 0 Å². The van der Waals surface area contributed by atoms with Gasteiger partial charge in [-0.15, -0.1) is 0 Å². The Hall–Kier alpha value is -2.82. The van der Waals surface area contributed by atoms with E-state index in [1.807, 2.05) is 36.4 Å². The van der Waals surface area contributed by atoms with Crippen molar-refractivity contribution >= 4 is 11.8 Å². The highest BCUT2D eigenvalue weighted by atomic mass is 16.7. The number of carbonyl (C=O) groups is 2. The zero-order valence-electron chi connectivity index (χ0n) is 30.9. The second kappa shape index (κ2) is 25.2. The first-order chi connectivity index (χ1) is 24.4. The number of unbranched alkanes of at least 4 members (excludes halogenated alkanes) is 11. The van der Waals surface area contributed by atoms with Crippen molar-refractivity contribution in [1.82, 2.24) is 15.7 Å². The van der Waals surface area contributed by atoms with Crippen LogP contribution in [0.3, 0.4) is 0 Å². The lowest BCUT2D eigenvalue weighted by Gasteiger charge is -2.38. The fourth-order valence-corrected chi connectivity index (χ4v) is 6.56. The zero-order chi connectivity index (χ0) is 35.8. The van der Waals surface area contributed by atoms with Gasteiger partial charge >= 0.3 is 0 Å². The van der Waals surface area contributed by atoms with Crippen molar-refractivity contribution in [3.8, 4) is 0 Å². The molecule has 0 saturated carbocycles. The maximum absolute atomic E-state index is 12.3. The van der Waals surface area contributed by atoms with Gasteiger partial charge in [0.25, 0.3) is 0 Å². The van der Waals surface area contributed by atoms with Crippen molar-refractivity contribution in [1.29, 1.82) is 0 Å². The quantitative estimate of drug-likeness (QED) is 0.0443. The average molecular weight is 696 g/mol. The first-order valence-corrected chi connectivity index (χ1v) is 19.5. The van der Waals surface area contributed by atoms with E-state index >= 15 is 0 Å². The molecule has 9 heteroatoms. The Balaban J connectivity index is 1.64.